The molecule has 2 rings (SSSR count). The van der Waals surface area contributed by atoms with E-state index in [-0.39, 0.29) is 6.10 Å². The fourth-order valence-electron chi connectivity index (χ4n) is 3.52. The SMILES string of the molecule is CCCCOc1ccccc1NC(=O)OC(COCCOCC)CN1CCCCCC1. The van der Waals surface area contributed by atoms with E-state index in [2.05, 4.69) is 17.1 Å². The van der Waals surface area contributed by atoms with Crippen LogP contribution in [-0.2, 0) is 14.2 Å². The third kappa shape index (κ3) is 10.8. The number of ether oxygens (including phenoxy) is 4. The normalized spacial score (nSPS) is 15.8. The molecule has 1 saturated heterocycles. The number of anilines is 1. The van der Waals surface area contributed by atoms with Crippen molar-refractivity contribution in [3.05, 3.63) is 24.3 Å². The number of benzene rings is 1. The van der Waals surface area contributed by atoms with Gasteiger partial charge in [0.1, 0.15) is 11.9 Å². The standard InChI is InChI=1S/C24H40N2O5/c1-3-5-16-30-23-13-9-8-12-22(23)25-24(27)31-21(20-29-18-17-28-4-2)19-26-14-10-6-7-11-15-26/h8-9,12-13,21H,3-7,10-11,14-20H2,1-2H3,(H,25,27). The van der Waals surface area contributed by atoms with E-state index in [1.165, 1.54) is 25.7 Å². The van der Waals surface area contributed by atoms with E-state index < -0.39 is 6.09 Å². The van der Waals surface area contributed by atoms with E-state index in [1.54, 1.807) is 0 Å². The molecule has 1 aromatic rings. The summed E-state index contributed by atoms with van der Waals surface area (Å²) in [4.78, 5) is 15.0. The molecule has 7 nitrogen and oxygen atoms in total. The lowest BCUT2D eigenvalue weighted by Gasteiger charge is -2.26. The summed E-state index contributed by atoms with van der Waals surface area (Å²) in [6, 6.07) is 7.45. The molecule has 1 aliphatic rings. The van der Waals surface area contributed by atoms with Crippen molar-refractivity contribution in [2.75, 3.05) is 58.0 Å². The number of hydrogen-bond acceptors (Lipinski definition) is 6. The summed E-state index contributed by atoms with van der Waals surface area (Å²) in [5.41, 5.74) is 0.620. The zero-order valence-electron chi connectivity index (χ0n) is 19.3. The Morgan fingerprint density at radius 1 is 1.03 bits per heavy atom. The van der Waals surface area contributed by atoms with Crippen LogP contribution in [0.1, 0.15) is 52.4 Å². The fraction of sp³-hybridized carbons (Fsp3) is 0.708. The molecule has 1 heterocycles. The molecule has 1 atom stereocenters. The molecule has 0 aromatic heterocycles. The van der Waals surface area contributed by atoms with Gasteiger partial charge in [-0.15, -0.1) is 0 Å². The number of nitrogens with zero attached hydrogens (tertiary/aromatic N) is 1. The lowest BCUT2D eigenvalue weighted by atomic mass is 10.2. The second-order valence-corrected chi connectivity index (χ2v) is 7.84. The molecule has 1 unspecified atom stereocenters. The van der Waals surface area contributed by atoms with Crippen molar-refractivity contribution in [1.29, 1.82) is 0 Å². The summed E-state index contributed by atoms with van der Waals surface area (Å²) in [5.74, 6) is 0.657. The number of nitrogens with one attached hydrogen (secondary N) is 1. The van der Waals surface area contributed by atoms with Crippen LogP contribution >= 0.6 is 0 Å². The van der Waals surface area contributed by atoms with E-state index in [1.807, 2.05) is 31.2 Å². The van der Waals surface area contributed by atoms with Crippen LogP contribution in [0.15, 0.2) is 24.3 Å². The van der Waals surface area contributed by atoms with Crippen molar-refractivity contribution in [1.82, 2.24) is 4.90 Å². The van der Waals surface area contributed by atoms with Crippen LogP contribution in [-0.4, -0.2) is 69.8 Å². The maximum Gasteiger partial charge on any atom is 0.412 e. The minimum atomic E-state index is -0.486. The molecular formula is C24H40N2O5. The highest BCUT2D eigenvalue weighted by Gasteiger charge is 2.20. The first-order valence-corrected chi connectivity index (χ1v) is 11.8. The van der Waals surface area contributed by atoms with Gasteiger partial charge in [-0.1, -0.05) is 38.3 Å². The summed E-state index contributed by atoms with van der Waals surface area (Å²) < 4.78 is 22.6. The first-order valence-electron chi connectivity index (χ1n) is 11.8. The highest BCUT2D eigenvalue weighted by Crippen LogP contribution is 2.24. The van der Waals surface area contributed by atoms with Crippen molar-refractivity contribution < 1.29 is 23.7 Å². The molecule has 0 aliphatic carbocycles. The van der Waals surface area contributed by atoms with Crippen LogP contribution in [0.25, 0.3) is 0 Å². The minimum Gasteiger partial charge on any atom is -0.491 e. The zero-order valence-corrected chi connectivity index (χ0v) is 19.3. The Labute approximate surface area is 187 Å². The zero-order chi connectivity index (χ0) is 22.2. The molecule has 0 radical (unpaired) electrons. The van der Waals surface area contributed by atoms with Gasteiger partial charge in [0.15, 0.2) is 0 Å². The Hall–Kier alpha value is -1.83. The molecule has 176 valence electrons. The number of rotatable bonds is 14. The van der Waals surface area contributed by atoms with Gasteiger partial charge in [0.25, 0.3) is 0 Å². The van der Waals surface area contributed by atoms with E-state index in [0.29, 0.717) is 51.0 Å². The first-order chi connectivity index (χ1) is 15.2. The van der Waals surface area contributed by atoms with Crippen molar-refractivity contribution in [3.8, 4) is 5.75 Å². The Kier molecular flexibility index (Phi) is 13.0. The number of carbonyl (C=O) groups is 1. The van der Waals surface area contributed by atoms with Gasteiger partial charge in [0, 0.05) is 13.2 Å². The van der Waals surface area contributed by atoms with Crippen LogP contribution in [0.3, 0.4) is 0 Å². The number of para-hydroxylation sites is 2. The molecule has 1 amide bonds. The van der Waals surface area contributed by atoms with Gasteiger partial charge in [0.2, 0.25) is 0 Å². The largest absolute Gasteiger partial charge is 0.491 e. The van der Waals surface area contributed by atoms with Gasteiger partial charge in [-0.25, -0.2) is 4.79 Å². The summed E-state index contributed by atoms with van der Waals surface area (Å²) in [6.45, 7) is 9.50. The van der Waals surface area contributed by atoms with E-state index in [0.717, 1.165) is 25.9 Å². The average Bonchev–Trinajstić information content (AvgIpc) is 3.03. The fourth-order valence-corrected chi connectivity index (χ4v) is 3.52. The number of likely N-dealkylation sites (tertiary alicyclic amines) is 1. The minimum absolute atomic E-state index is 0.340. The number of amides is 1. The van der Waals surface area contributed by atoms with E-state index in [4.69, 9.17) is 18.9 Å². The lowest BCUT2D eigenvalue weighted by molar-refractivity contribution is -0.0109. The van der Waals surface area contributed by atoms with Crippen molar-refractivity contribution >= 4 is 11.8 Å². The van der Waals surface area contributed by atoms with E-state index >= 15 is 0 Å². The maximum atomic E-state index is 12.7. The number of unbranched alkanes of at least 4 members (excludes halogenated alkanes) is 1. The summed E-state index contributed by atoms with van der Waals surface area (Å²) in [7, 11) is 0. The Bertz CT molecular complexity index is 605. The number of hydrogen-bond donors (Lipinski definition) is 1. The van der Waals surface area contributed by atoms with Gasteiger partial charge in [-0.2, -0.15) is 0 Å². The average molecular weight is 437 g/mol. The van der Waals surface area contributed by atoms with Crippen LogP contribution in [0.2, 0.25) is 0 Å². The summed E-state index contributed by atoms with van der Waals surface area (Å²) >= 11 is 0. The van der Waals surface area contributed by atoms with Crippen molar-refractivity contribution in [2.24, 2.45) is 0 Å². The third-order valence-corrected chi connectivity index (χ3v) is 5.19. The van der Waals surface area contributed by atoms with Crippen molar-refractivity contribution in [3.63, 3.8) is 0 Å². The predicted octanol–water partition coefficient (Wildman–Crippen LogP) is 4.71. The highest BCUT2D eigenvalue weighted by molar-refractivity contribution is 5.86. The van der Waals surface area contributed by atoms with Crippen LogP contribution in [0.5, 0.6) is 5.75 Å². The Morgan fingerprint density at radius 2 is 1.77 bits per heavy atom. The van der Waals surface area contributed by atoms with Gasteiger partial charge in [-0.05, 0) is 51.4 Å². The second kappa shape index (κ2) is 15.9. The molecular weight excluding hydrogens is 396 g/mol. The lowest BCUT2D eigenvalue weighted by Crippen LogP contribution is -2.39. The molecule has 1 fully saturated rings. The Balaban J connectivity index is 1.90. The van der Waals surface area contributed by atoms with Crippen LogP contribution in [0, 0.1) is 0 Å². The smallest absolute Gasteiger partial charge is 0.412 e. The quantitative estimate of drug-likeness (QED) is 0.426. The molecule has 7 heteroatoms. The van der Waals surface area contributed by atoms with Gasteiger partial charge < -0.3 is 18.9 Å². The topological polar surface area (TPSA) is 69.3 Å². The molecule has 31 heavy (non-hydrogen) atoms. The highest BCUT2D eigenvalue weighted by atomic mass is 16.6. The van der Waals surface area contributed by atoms with Gasteiger partial charge in [-0.3, -0.25) is 10.2 Å². The van der Waals surface area contributed by atoms with Crippen molar-refractivity contribution in [2.45, 2.75) is 58.5 Å². The van der Waals surface area contributed by atoms with Crippen LogP contribution < -0.4 is 10.1 Å². The summed E-state index contributed by atoms with van der Waals surface area (Å²) in [5, 5.41) is 2.84. The number of carbonyl (C=O) groups excluding carboxylic acids is 1. The van der Waals surface area contributed by atoms with E-state index in [9.17, 15) is 4.79 Å². The molecule has 1 aliphatic heterocycles. The molecule has 0 spiro atoms. The molecule has 1 aromatic carbocycles. The van der Waals surface area contributed by atoms with Gasteiger partial charge >= 0.3 is 6.09 Å². The molecule has 0 saturated carbocycles. The molecule has 0 bridgehead atoms. The third-order valence-electron chi connectivity index (χ3n) is 5.19. The maximum absolute atomic E-state index is 12.7. The Morgan fingerprint density at radius 3 is 2.52 bits per heavy atom. The molecule has 1 N–H and O–H groups in total. The second-order valence-electron chi connectivity index (χ2n) is 7.84. The monoisotopic (exact) mass is 436 g/mol. The van der Waals surface area contributed by atoms with Gasteiger partial charge in [0.05, 0.1) is 32.1 Å². The van der Waals surface area contributed by atoms with Crippen LogP contribution in [0.4, 0.5) is 10.5 Å². The predicted molar refractivity (Wildman–Crippen MR) is 123 cm³/mol. The first kappa shape index (κ1) is 25.4. The summed E-state index contributed by atoms with van der Waals surface area (Å²) in [6.07, 6.45) is 6.10.